The molecule has 0 atom stereocenters. The van der Waals surface area contributed by atoms with Gasteiger partial charge in [-0.3, -0.25) is 4.31 Å². The molecule has 0 bridgehead atoms. The van der Waals surface area contributed by atoms with Crippen LogP contribution in [0, 0.1) is 0 Å². The smallest absolute Gasteiger partial charge is 0.232 e. The minimum Gasteiger partial charge on any atom is -0.266 e. The molecule has 0 aromatic heterocycles. The van der Waals surface area contributed by atoms with Gasteiger partial charge in [-0.2, -0.15) is 0 Å². The average Bonchev–Trinajstić information content (AvgIpc) is 2.48. The molecule has 0 aliphatic heterocycles. The topological polar surface area (TPSA) is 37.4 Å². The third-order valence-electron chi connectivity index (χ3n) is 2.61. The molecule has 2 aromatic carbocycles. The lowest BCUT2D eigenvalue weighted by Crippen LogP contribution is -2.29. The van der Waals surface area contributed by atoms with E-state index in [1.807, 2.05) is 62.4 Å². The van der Waals surface area contributed by atoms with Gasteiger partial charge in [-0.05, 0) is 17.7 Å². The number of para-hydroxylation sites is 1. The summed E-state index contributed by atoms with van der Waals surface area (Å²) in [7, 11) is -3.28. The normalized spacial score (nSPS) is 10.3. The molecule has 0 fully saturated rings. The van der Waals surface area contributed by atoms with E-state index in [2.05, 4.69) is 0 Å². The van der Waals surface area contributed by atoms with E-state index in [9.17, 15) is 8.42 Å². The number of benzene rings is 2. The summed E-state index contributed by atoms with van der Waals surface area (Å²) in [6.45, 7) is 4.35. The molecule has 0 unspecified atom stereocenters. The Morgan fingerprint density at radius 1 is 0.850 bits per heavy atom. The Balaban J connectivity index is 0.000000956. The predicted molar refractivity (Wildman–Crippen MR) is 85.3 cm³/mol. The predicted octanol–water partition coefficient (Wildman–Crippen LogP) is 3.68. The van der Waals surface area contributed by atoms with E-state index in [1.54, 1.807) is 12.1 Å². The molecule has 20 heavy (non-hydrogen) atoms. The van der Waals surface area contributed by atoms with E-state index >= 15 is 0 Å². The van der Waals surface area contributed by atoms with Gasteiger partial charge in [0.1, 0.15) is 0 Å². The fourth-order valence-corrected chi connectivity index (χ4v) is 2.63. The first-order chi connectivity index (χ1) is 9.57. The maximum absolute atomic E-state index is 11.9. The lowest BCUT2D eigenvalue weighted by Gasteiger charge is -2.22. The first-order valence-corrected chi connectivity index (χ1v) is 8.49. The molecule has 0 heterocycles. The monoisotopic (exact) mass is 291 g/mol. The zero-order valence-corrected chi connectivity index (χ0v) is 13.0. The summed E-state index contributed by atoms with van der Waals surface area (Å²) in [6.07, 6.45) is 1.23. The summed E-state index contributed by atoms with van der Waals surface area (Å²) in [6, 6.07) is 18.7. The second-order valence-electron chi connectivity index (χ2n) is 4.09. The lowest BCUT2D eigenvalue weighted by atomic mass is 10.2. The van der Waals surface area contributed by atoms with Crippen LogP contribution in [-0.2, 0) is 16.6 Å². The minimum atomic E-state index is -3.28. The van der Waals surface area contributed by atoms with Crippen LogP contribution in [0.25, 0.3) is 0 Å². The molecule has 0 aliphatic rings. The van der Waals surface area contributed by atoms with Gasteiger partial charge in [0.15, 0.2) is 0 Å². The highest BCUT2D eigenvalue weighted by Crippen LogP contribution is 2.19. The summed E-state index contributed by atoms with van der Waals surface area (Å²) < 4.78 is 25.1. The number of rotatable bonds is 4. The van der Waals surface area contributed by atoms with Crippen molar-refractivity contribution < 1.29 is 8.42 Å². The molecule has 2 aromatic rings. The number of nitrogens with zero attached hydrogens (tertiary/aromatic N) is 1. The van der Waals surface area contributed by atoms with Gasteiger partial charge in [-0.25, -0.2) is 8.42 Å². The molecule has 4 heteroatoms. The van der Waals surface area contributed by atoms with Gasteiger partial charge in [0.25, 0.3) is 0 Å². The van der Waals surface area contributed by atoms with Crippen molar-refractivity contribution in [1.29, 1.82) is 0 Å². The zero-order valence-electron chi connectivity index (χ0n) is 12.2. The summed E-state index contributed by atoms with van der Waals surface area (Å²) in [4.78, 5) is 0. The Hall–Kier alpha value is -1.81. The molecule has 0 saturated heterocycles. The molecular weight excluding hydrogens is 270 g/mol. The van der Waals surface area contributed by atoms with E-state index < -0.39 is 10.0 Å². The Bertz CT molecular complexity index is 595. The van der Waals surface area contributed by atoms with E-state index in [0.29, 0.717) is 12.2 Å². The maximum atomic E-state index is 11.9. The standard InChI is InChI=1S/C14H15NO2S.C2H6/c1-18(16,17)15(14-10-6-3-7-11-14)12-13-8-4-2-5-9-13;1-2/h2-11H,12H2,1H3;1-2H3. The molecule has 0 N–H and O–H groups in total. The van der Waals surface area contributed by atoms with Gasteiger partial charge in [0.05, 0.1) is 18.5 Å². The largest absolute Gasteiger partial charge is 0.266 e. The third kappa shape index (κ3) is 4.70. The van der Waals surface area contributed by atoms with Crippen molar-refractivity contribution >= 4 is 15.7 Å². The molecule has 3 nitrogen and oxygen atoms in total. The first-order valence-electron chi connectivity index (χ1n) is 6.64. The zero-order chi connectivity index (χ0) is 15.0. The molecule has 108 valence electrons. The fourth-order valence-electron chi connectivity index (χ4n) is 1.74. The van der Waals surface area contributed by atoms with Crippen LogP contribution in [0.5, 0.6) is 0 Å². The van der Waals surface area contributed by atoms with Crippen molar-refractivity contribution in [2.75, 3.05) is 10.6 Å². The van der Waals surface area contributed by atoms with Crippen LogP contribution >= 0.6 is 0 Å². The van der Waals surface area contributed by atoms with Crippen LogP contribution in [0.2, 0.25) is 0 Å². The van der Waals surface area contributed by atoms with Crippen molar-refractivity contribution in [2.45, 2.75) is 20.4 Å². The Morgan fingerprint density at radius 2 is 1.30 bits per heavy atom. The van der Waals surface area contributed by atoms with Gasteiger partial charge in [-0.15, -0.1) is 0 Å². The Labute approximate surface area is 121 Å². The van der Waals surface area contributed by atoms with Crippen LogP contribution in [-0.4, -0.2) is 14.7 Å². The number of hydrogen-bond acceptors (Lipinski definition) is 2. The summed E-state index contributed by atoms with van der Waals surface area (Å²) in [5, 5.41) is 0. The Kier molecular flexibility index (Phi) is 6.25. The second-order valence-corrected chi connectivity index (χ2v) is 6.00. The molecular formula is C16H21NO2S. The van der Waals surface area contributed by atoms with Crippen molar-refractivity contribution in [3.05, 3.63) is 66.2 Å². The molecule has 0 spiro atoms. The van der Waals surface area contributed by atoms with Gasteiger partial charge in [0, 0.05) is 0 Å². The highest BCUT2D eigenvalue weighted by atomic mass is 32.2. The summed E-state index contributed by atoms with van der Waals surface area (Å²) in [5.74, 6) is 0. The van der Waals surface area contributed by atoms with Crippen molar-refractivity contribution in [3.63, 3.8) is 0 Å². The maximum Gasteiger partial charge on any atom is 0.232 e. The minimum absolute atomic E-state index is 0.351. The highest BCUT2D eigenvalue weighted by Gasteiger charge is 2.17. The number of sulfonamides is 1. The lowest BCUT2D eigenvalue weighted by molar-refractivity contribution is 0.596. The van der Waals surface area contributed by atoms with Gasteiger partial charge in [0.2, 0.25) is 10.0 Å². The fraction of sp³-hybridized carbons (Fsp3) is 0.250. The Morgan fingerprint density at radius 3 is 1.75 bits per heavy atom. The third-order valence-corrected chi connectivity index (χ3v) is 3.75. The van der Waals surface area contributed by atoms with Gasteiger partial charge in [-0.1, -0.05) is 62.4 Å². The quantitative estimate of drug-likeness (QED) is 0.861. The van der Waals surface area contributed by atoms with E-state index in [-0.39, 0.29) is 0 Å². The number of anilines is 1. The van der Waals surface area contributed by atoms with Gasteiger partial charge >= 0.3 is 0 Å². The molecule has 0 saturated carbocycles. The highest BCUT2D eigenvalue weighted by molar-refractivity contribution is 7.92. The molecule has 0 amide bonds. The van der Waals surface area contributed by atoms with Crippen molar-refractivity contribution in [1.82, 2.24) is 0 Å². The van der Waals surface area contributed by atoms with Crippen LogP contribution in [0.15, 0.2) is 60.7 Å². The first kappa shape index (κ1) is 16.2. The van der Waals surface area contributed by atoms with Crippen LogP contribution in [0.1, 0.15) is 19.4 Å². The second kappa shape index (κ2) is 7.70. The van der Waals surface area contributed by atoms with E-state index in [0.717, 1.165) is 5.56 Å². The van der Waals surface area contributed by atoms with Crippen molar-refractivity contribution in [3.8, 4) is 0 Å². The van der Waals surface area contributed by atoms with E-state index in [4.69, 9.17) is 0 Å². The van der Waals surface area contributed by atoms with Crippen molar-refractivity contribution in [2.24, 2.45) is 0 Å². The molecule has 0 aliphatic carbocycles. The van der Waals surface area contributed by atoms with Crippen LogP contribution < -0.4 is 4.31 Å². The van der Waals surface area contributed by atoms with Crippen LogP contribution in [0.3, 0.4) is 0 Å². The van der Waals surface area contributed by atoms with Gasteiger partial charge < -0.3 is 0 Å². The summed E-state index contributed by atoms with van der Waals surface area (Å²) in [5.41, 5.74) is 1.65. The SMILES string of the molecule is CC.CS(=O)(=O)N(Cc1ccccc1)c1ccccc1. The van der Waals surface area contributed by atoms with E-state index in [1.165, 1.54) is 10.6 Å². The average molecular weight is 291 g/mol. The number of hydrogen-bond donors (Lipinski definition) is 0. The molecule has 0 radical (unpaired) electrons. The molecule has 2 rings (SSSR count). The van der Waals surface area contributed by atoms with Crippen LogP contribution in [0.4, 0.5) is 5.69 Å². The summed E-state index contributed by atoms with van der Waals surface area (Å²) >= 11 is 0.